The van der Waals surface area contributed by atoms with Gasteiger partial charge < -0.3 is 9.80 Å². The van der Waals surface area contributed by atoms with Crippen LogP contribution >= 0.6 is 11.3 Å². The van der Waals surface area contributed by atoms with Crippen molar-refractivity contribution in [3.63, 3.8) is 0 Å². The van der Waals surface area contributed by atoms with E-state index in [1.54, 1.807) is 16.2 Å². The van der Waals surface area contributed by atoms with Crippen LogP contribution in [-0.2, 0) is 4.79 Å². The Morgan fingerprint density at radius 2 is 1.62 bits per heavy atom. The van der Waals surface area contributed by atoms with E-state index in [0.717, 1.165) is 18.6 Å². The molecular formula is C19H18F2N2O2S. The fraction of sp³-hybridized carbons (Fsp3) is 0.368. The van der Waals surface area contributed by atoms with Crippen molar-refractivity contribution in [1.29, 1.82) is 0 Å². The molecule has 2 amide bonds. The number of hydrogen-bond acceptors (Lipinski definition) is 3. The summed E-state index contributed by atoms with van der Waals surface area (Å²) in [7, 11) is 0. The molecule has 1 saturated heterocycles. The van der Waals surface area contributed by atoms with E-state index in [2.05, 4.69) is 6.07 Å². The van der Waals surface area contributed by atoms with Crippen LogP contribution in [0.1, 0.15) is 27.6 Å². The average Bonchev–Trinajstić information content (AvgIpc) is 3.25. The van der Waals surface area contributed by atoms with Crippen molar-refractivity contribution in [1.82, 2.24) is 9.80 Å². The van der Waals surface area contributed by atoms with Gasteiger partial charge in [0.2, 0.25) is 5.91 Å². The van der Waals surface area contributed by atoms with Crippen LogP contribution in [0.5, 0.6) is 0 Å². The Hall–Kier alpha value is -2.28. The van der Waals surface area contributed by atoms with Gasteiger partial charge in [0.25, 0.3) is 5.91 Å². The van der Waals surface area contributed by atoms with Crippen molar-refractivity contribution in [3.05, 3.63) is 57.8 Å². The SMILES string of the molecule is O=C(c1c(F)cccc1F)N1CCN(C(=O)[C@H]2C[C@@H]2c2cccs2)CC1. The maximum absolute atomic E-state index is 13.8. The van der Waals surface area contributed by atoms with Crippen LogP contribution in [0.4, 0.5) is 8.78 Å². The first kappa shape index (κ1) is 17.1. The van der Waals surface area contributed by atoms with E-state index in [9.17, 15) is 18.4 Å². The van der Waals surface area contributed by atoms with Gasteiger partial charge in [-0.15, -0.1) is 11.3 Å². The number of benzene rings is 1. The minimum absolute atomic E-state index is 0.0277. The van der Waals surface area contributed by atoms with Gasteiger partial charge in [0.15, 0.2) is 0 Å². The highest BCUT2D eigenvalue weighted by Crippen LogP contribution is 2.50. The number of nitrogens with zero attached hydrogens (tertiary/aromatic N) is 2. The number of hydrogen-bond donors (Lipinski definition) is 0. The molecule has 4 nitrogen and oxygen atoms in total. The van der Waals surface area contributed by atoms with Crippen LogP contribution in [0.3, 0.4) is 0 Å². The highest BCUT2D eigenvalue weighted by molar-refractivity contribution is 7.10. The maximum Gasteiger partial charge on any atom is 0.259 e. The second kappa shape index (κ2) is 6.79. The van der Waals surface area contributed by atoms with Gasteiger partial charge in [-0.1, -0.05) is 12.1 Å². The Bertz CT molecular complexity index is 812. The molecule has 2 atom stereocenters. The van der Waals surface area contributed by atoms with Crippen molar-refractivity contribution in [2.45, 2.75) is 12.3 Å². The van der Waals surface area contributed by atoms with Gasteiger partial charge >= 0.3 is 0 Å². The van der Waals surface area contributed by atoms with Gasteiger partial charge in [-0.2, -0.15) is 0 Å². The normalized spacial score (nSPS) is 22.4. The molecule has 1 aromatic carbocycles. The molecule has 7 heteroatoms. The van der Waals surface area contributed by atoms with E-state index >= 15 is 0 Å². The highest BCUT2D eigenvalue weighted by atomic mass is 32.1. The van der Waals surface area contributed by atoms with Gasteiger partial charge in [-0.25, -0.2) is 8.78 Å². The molecule has 136 valence electrons. The van der Waals surface area contributed by atoms with E-state index in [-0.39, 0.29) is 24.9 Å². The van der Waals surface area contributed by atoms with Crippen LogP contribution in [-0.4, -0.2) is 47.8 Å². The van der Waals surface area contributed by atoms with Crippen molar-refractivity contribution < 1.29 is 18.4 Å². The lowest BCUT2D eigenvalue weighted by Crippen LogP contribution is -2.51. The average molecular weight is 376 g/mol. The number of carbonyl (C=O) groups is 2. The minimum Gasteiger partial charge on any atom is -0.339 e. The molecule has 2 aliphatic rings. The molecule has 1 saturated carbocycles. The summed E-state index contributed by atoms with van der Waals surface area (Å²) in [6.07, 6.45) is 0.874. The highest BCUT2D eigenvalue weighted by Gasteiger charge is 2.46. The summed E-state index contributed by atoms with van der Waals surface area (Å²) in [6, 6.07) is 7.44. The van der Waals surface area contributed by atoms with Gasteiger partial charge in [0.05, 0.1) is 0 Å². The Morgan fingerprint density at radius 1 is 0.962 bits per heavy atom. The van der Waals surface area contributed by atoms with Crippen LogP contribution in [0, 0.1) is 17.6 Å². The number of thiophene rings is 1. The first-order chi connectivity index (χ1) is 12.6. The molecular weight excluding hydrogens is 358 g/mol. The number of piperazine rings is 1. The van der Waals surface area contributed by atoms with Crippen LogP contribution in [0.2, 0.25) is 0 Å². The van der Waals surface area contributed by atoms with Crippen molar-refractivity contribution in [2.24, 2.45) is 5.92 Å². The fourth-order valence-electron chi connectivity index (χ4n) is 3.51. The zero-order valence-electron chi connectivity index (χ0n) is 14.0. The van der Waals surface area contributed by atoms with E-state index in [1.807, 2.05) is 11.4 Å². The maximum atomic E-state index is 13.8. The van der Waals surface area contributed by atoms with E-state index < -0.39 is 23.1 Å². The predicted octanol–water partition coefficient (Wildman–Crippen LogP) is 3.11. The first-order valence-corrected chi connectivity index (χ1v) is 9.49. The lowest BCUT2D eigenvalue weighted by atomic mass is 10.1. The number of rotatable bonds is 3. The molecule has 1 aliphatic carbocycles. The Kier molecular flexibility index (Phi) is 4.48. The Morgan fingerprint density at radius 3 is 2.23 bits per heavy atom. The topological polar surface area (TPSA) is 40.6 Å². The first-order valence-electron chi connectivity index (χ1n) is 8.61. The monoisotopic (exact) mass is 376 g/mol. The van der Waals surface area contributed by atoms with Gasteiger partial charge in [0.1, 0.15) is 17.2 Å². The van der Waals surface area contributed by atoms with E-state index in [0.29, 0.717) is 19.0 Å². The lowest BCUT2D eigenvalue weighted by molar-refractivity contribution is -0.134. The van der Waals surface area contributed by atoms with Gasteiger partial charge in [0, 0.05) is 42.9 Å². The predicted molar refractivity (Wildman–Crippen MR) is 94.0 cm³/mol. The molecule has 0 spiro atoms. The summed E-state index contributed by atoms with van der Waals surface area (Å²) in [5.74, 6) is -1.91. The molecule has 0 N–H and O–H groups in total. The van der Waals surface area contributed by atoms with Crippen LogP contribution < -0.4 is 0 Å². The second-order valence-electron chi connectivity index (χ2n) is 6.68. The third kappa shape index (κ3) is 3.11. The molecule has 1 aliphatic heterocycles. The largest absolute Gasteiger partial charge is 0.339 e. The lowest BCUT2D eigenvalue weighted by Gasteiger charge is -2.35. The second-order valence-corrected chi connectivity index (χ2v) is 7.66. The quantitative estimate of drug-likeness (QED) is 0.826. The standard InChI is InChI=1S/C19H18F2N2O2S/c20-14-3-1-4-15(21)17(14)19(25)23-8-6-22(7-9-23)18(24)13-11-12(13)16-5-2-10-26-16/h1-5,10,12-13H,6-9,11H2/t12-,13-/m0/s1. The summed E-state index contributed by atoms with van der Waals surface area (Å²) >= 11 is 1.67. The molecule has 0 bridgehead atoms. The van der Waals surface area contributed by atoms with E-state index in [4.69, 9.17) is 0 Å². The summed E-state index contributed by atoms with van der Waals surface area (Å²) in [4.78, 5) is 29.5. The summed E-state index contributed by atoms with van der Waals surface area (Å²) in [6.45, 7) is 1.37. The summed E-state index contributed by atoms with van der Waals surface area (Å²) in [5.41, 5.74) is -0.521. The third-order valence-electron chi connectivity index (χ3n) is 5.07. The molecule has 2 heterocycles. The van der Waals surface area contributed by atoms with Crippen molar-refractivity contribution in [2.75, 3.05) is 26.2 Å². The molecule has 4 rings (SSSR count). The third-order valence-corrected chi connectivity index (χ3v) is 6.08. The fourth-order valence-corrected chi connectivity index (χ4v) is 4.42. The van der Waals surface area contributed by atoms with Crippen molar-refractivity contribution >= 4 is 23.2 Å². The summed E-state index contributed by atoms with van der Waals surface area (Å²) in [5, 5.41) is 2.02. The minimum atomic E-state index is -0.856. The van der Waals surface area contributed by atoms with E-state index in [1.165, 1.54) is 15.8 Å². The van der Waals surface area contributed by atoms with Gasteiger partial charge in [-0.05, 0) is 30.0 Å². The molecule has 1 aromatic heterocycles. The molecule has 0 unspecified atom stereocenters. The Labute approximate surface area is 154 Å². The zero-order valence-corrected chi connectivity index (χ0v) is 14.8. The number of carbonyl (C=O) groups excluding carboxylic acids is 2. The number of halogens is 2. The Balaban J connectivity index is 1.36. The number of amides is 2. The molecule has 2 fully saturated rings. The van der Waals surface area contributed by atoms with Gasteiger partial charge in [-0.3, -0.25) is 9.59 Å². The summed E-state index contributed by atoms with van der Waals surface area (Å²) < 4.78 is 27.6. The van der Waals surface area contributed by atoms with Crippen molar-refractivity contribution in [3.8, 4) is 0 Å². The molecule has 26 heavy (non-hydrogen) atoms. The molecule has 2 aromatic rings. The smallest absolute Gasteiger partial charge is 0.259 e. The molecule has 0 radical (unpaired) electrons. The zero-order chi connectivity index (χ0) is 18.3. The van der Waals surface area contributed by atoms with Crippen LogP contribution in [0.15, 0.2) is 35.7 Å². The van der Waals surface area contributed by atoms with Crippen LogP contribution in [0.25, 0.3) is 0 Å².